The van der Waals surface area contributed by atoms with Crippen molar-refractivity contribution in [1.82, 2.24) is 0 Å². The van der Waals surface area contributed by atoms with Crippen LogP contribution in [0, 0.1) is 0 Å². The molecule has 38 heavy (non-hydrogen) atoms. The average Bonchev–Trinajstić information content (AvgIpc) is 2.90. The van der Waals surface area contributed by atoms with Gasteiger partial charge in [-0.2, -0.15) is 0 Å². The lowest BCUT2D eigenvalue weighted by atomic mass is 10.0. The largest absolute Gasteiger partial charge is 0.387 e. The molecule has 4 aliphatic heterocycles. The Balaban J connectivity index is 1.27. The van der Waals surface area contributed by atoms with Crippen LogP contribution in [-0.4, -0.2) is 178 Å². The van der Waals surface area contributed by atoms with Crippen molar-refractivity contribution in [3.63, 3.8) is 0 Å². The maximum absolute atomic E-state index is 10.5. The number of rotatable bonds is 7. The van der Waals surface area contributed by atoms with E-state index < -0.39 is 98.4 Å². The molecule has 0 saturated carbocycles. The van der Waals surface area contributed by atoms with Gasteiger partial charge in [0.25, 0.3) is 0 Å². The third-order valence-electron chi connectivity index (χ3n) is 6.99. The highest BCUT2D eigenvalue weighted by Gasteiger charge is 2.49. The molecule has 0 unspecified atom stereocenters. The van der Waals surface area contributed by atoms with Crippen LogP contribution in [0.4, 0.5) is 0 Å². The van der Waals surface area contributed by atoms with E-state index in [-0.39, 0.29) is 26.4 Å². The molecule has 0 aliphatic carbocycles. The zero-order chi connectivity index (χ0) is 27.7. The number of aliphatic hydroxyl groups excluding tert-OH is 9. The van der Waals surface area contributed by atoms with Crippen molar-refractivity contribution in [2.75, 3.05) is 33.5 Å². The first-order chi connectivity index (χ1) is 18.0. The van der Waals surface area contributed by atoms with Gasteiger partial charge in [-0.3, -0.25) is 0 Å². The van der Waals surface area contributed by atoms with Crippen molar-refractivity contribution in [3.8, 4) is 0 Å². The Morgan fingerprint density at radius 1 is 0.421 bits per heavy atom. The molecular weight excluding hydrogens is 524 g/mol. The summed E-state index contributed by atoms with van der Waals surface area (Å²) in [4.78, 5) is 0. The second-order valence-corrected chi connectivity index (χ2v) is 9.55. The molecule has 0 radical (unpaired) electrons. The number of hydrogen-bond donors (Lipinski definition) is 9. The van der Waals surface area contributed by atoms with Crippen molar-refractivity contribution in [2.24, 2.45) is 0 Å². The smallest absolute Gasteiger partial charge is 0.186 e. The van der Waals surface area contributed by atoms with Crippen molar-refractivity contribution < 1.29 is 83.9 Å². The zero-order valence-corrected chi connectivity index (χ0v) is 20.4. The van der Waals surface area contributed by atoms with Gasteiger partial charge in [-0.15, -0.1) is 0 Å². The van der Waals surface area contributed by atoms with Crippen LogP contribution in [0.15, 0.2) is 0 Å². The molecule has 0 aromatic heterocycles. The normalized spacial score (nSPS) is 52.6. The summed E-state index contributed by atoms with van der Waals surface area (Å²) in [5.41, 5.74) is 0. The maximum Gasteiger partial charge on any atom is 0.186 e. The summed E-state index contributed by atoms with van der Waals surface area (Å²) >= 11 is 0. The number of hydrogen-bond acceptors (Lipinski definition) is 17. The summed E-state index contributed by atoms with van der Waals surface area (Å²) in [5.74, 6) is 0. The number of methoxy groups -OCH3 is 1. The molecular formula is C21H36O17. The minimum atomic E-state index is -1.70. The van der Waals surface area contributed by atoms with Gasteiger partial charge < -0.3 is 83.9 Å². The molecule has 0 aromatic carbocycles. The molecule has 9 N–H and O–H groups in total. The topological polar surface area (TPSA) is 256 Å². The molecule has 4 aliphatic rings. The van der Waals surface area contributed by atoms with Crippen LogP contribution in [0.5, 0.6) is 0 Å². The highest BCUT2D eigenvalue weighted by atomic mass is 16.8. The van der Waals surface area contributed by atoms with Crippen molar-refractivity contribution >= 4 is 0 Å². The van der Waals surface area contributed by atoms with Gasteiger partial charge in [0, 0.05) is 7.11 Å². The molecule has 222 valence electrons. The summed E-state index contributed by atoms with van der Waals surface area (Å²) in [5, 5.41) is 91.4. The second-order valence-electron chi connectivity index (χ2n) is 9.55. The van der Waals surface area contributed by atoms with E-state index in [1.54, 1.807) is 0 Å². The Labute approximate surface area is 216 Å². The quantitative estimate of drug-likeness (QED) is 0.140. The summed E-state index contributed by atoms with van der Waals surface area (Å²) < 4.78 is 42.5. The Hall–Kier alpha value is -0.680. The van der Waals surface area contributed by atoms with Crippen molar-refractivity contribution in [2.45, 2.75) is 98.4 Å². The van der Waals surface area contributed by atoms with Crippen molar-refractivity contribution in [1.29, 1.82) is 0 Å². The second kappa shape index (κ2) is 12.9. The Morgan fingerprint density at radius 2 is 0.737 bits per heavy atom. The van der Waals surface area contributed by atoms with E-state index in [1.165, 1.54) is 7.11 Å². The molecule has 0 aromatic rings. The summed E-state index contributed by atoms with van der Waals surface area (Å²) in [7, 11) is 1.34. The predicted molar refractivity (Wildman–Crippen MR) is 115 cm³/mol. The van der Waals surface area contributed by atoms with Gasteiger partial charge in [0.15, 0.2) is 25.2 Å². The molecule has 17 nitrogen and oxygen atoms in total. The Morgan fingerprint density at radius 3 is 1.13 bits per heavy atom. The molecule has 17 heteroatoms. The van der Waals surface area contributed by atoms with E-state index in [1.807, 2.05) is 0 Å². The molecule has 4 saturated heterocycles. The fourth-order valence-corrected chi connectivity index (χ4v) is 4.53. The minimum absolute atomic E-state index is 0.0841. The molecule has 0 amide bonds. The minimum Gasteiger partial charge on any atom is -0.387 e. The van der Waals surface area contributed by atoms with E-state index >= 15 is 0 Å². The maximum atomic E-state index is 10.5. The fourth-order valence-electron chi connectivity index (χ4n) is 4.53. The SMILES string of the molecule is CO[C@@H]1CO[C@@H](O[C@@H]2CO[C@@H](O[C@@H]3CO[C@@H](O[C@@H]4CO[C@@H](O)[C@H](O)[C@H]4O)[C@H](O)[C@H]3O)[C@H](O)[C@H]2O)[C@H](O)[C@H]1O. The molecule has 4 heterocycles. The van der Waals surface area contributed by atoms with Gasteiger partial charge in [0.2, 0.25) is 0 Å². The van der Waals surface area contributed by atoms with E-state index in [9.17, 15) is 46.0 Å². The summed E-state index contributed by atoms with van der Waals surface area (Å²) in [6, 6.07) is 0. The monoisotopic (exact) mass is 560 g/mol. The van der Waals surface area contributed by atoms with Gasteiger partial charge in [0.05, 0.1) is 26.4 Å². The lowest BCUT2D eigenvalue weighted by Crippen LogP contribution is -2.62. The van der Waals surface area contributed by atoms with Gasteiger partial charge in [-0.1, -0.05) is 0 Å². The predicted octanol–water partition coefficient (Wildman–Crippen LogP) is -6.54. The highest BCUT2D eigenvalue weighted by molar-refractivity contribution is 4.91. The average molecular weight is 561 g/mol. The third-order valence-corrected chi connectivity index (χ3v) is 6.99. The Kier molecular flexibility index (Phi) is 10.3. The molecule has 0 spiro atoms. The van der Waals surface area contributed by atoms with Crippen LogP contribution in [-0.2, 0) is 37.9 Å². The van der Waals surface area contributed by atoms with Crippen LogP contribution in [0.1, 0.15) is 0 Å². The lowest BCUT2D eigenvalue weighted by molar-refractivity contribution is -0.357. The van der Waals surface area contributed by atoms with E-state index in [0.29, 0.717) is 0 Å². The van der Waals surface area contributed by atoms with Crippen molar-refractivity contribution in [3.05, 3.63) is 0 Å². The zero-order valence-electron chi connectivity index (χ0n) is 20.4. The first-order valence-corrected chi connectivity index (χ1v) is 12.1. The molecule has 16 atom stereocenters. The van der Waals surface area contributed by atoms with E-state index in [4.69, 9.17) is 37.9 Å². The molecule has 4 rings (SSSR count). The van der Waals surface area contributed by atoms with Gasteiger partial charge in [-0.05, 0) is 0 Å². The summed E-state index contributed by atoms with van der Waals surface area (Å²) in [6.07, 6.45) is -22.8. The van der Waals surface area contributed by atoms with Crippen LogP contribution in [0.25, 0.3) is 0 Å². The first kappa shape index (κ1) is 30.3. The van der Waals surface area contributed by atoms with Crippen LogP contribution in [0.3, 0.4) is 0 Å². The molecule has 4 fully saturated rings. The van der Waals surface area contributed by atoms with Gasteiger partial charge in [-0.25, -0.2) is 0 Å². The lowest BCUT2D eigenvalue weighted by Gasteiger charge is -2.44. The van der Waals surface area contributed by atoms with Gasteiger partial charge >= 0.3 is 0 Å². The van der Waals surface area contributed by atoms with E-state index in [2.05, 4.69) is 0 Å². The first-order valence-electron chi connectivity index (χ1n) is 12.1. The number of aliphatic hydroxyl groups is 9. The third kappa shape index (κ3) is 6.29. The van der Waals surface area contributed by atoms with Crippen LogP contribution < -0.4 is 0 Å². The standard InChI is InChI=1S/C21H36O17/c1-31-6-2-33-19(15(27)10(6)22)37-8-4-35-21(17(29)12(8)24)38-9-5-34-20(16(28)13(9)25)36-7-3-32-18(30)14(26)11(7)23/h6-30H,2-5H2,1H3/t6-,7-,8-,9-,10+,11+,12+,13+,14-,15-,16-,17-,18-,19+,20+,21+/m1/s1. The highest BCUT2D eigenvalue weighted by Crippen LogP contribution is 2.28. The van der Waals surface area contributed by atoms with Crippen LogP contribution >= 0.6 is 0 Å². The molecule has 0 bridgehead atoms. The van der Waals surface area contributed by atoms with Crippen LogP contribution in [0.2, 0.25) is 0 Å². The van der Waals surface area contributed by atoms with E-state index in [0.717, 1.165) is 0 Å². The fraction of sp³-hybridized carbons (Fsp3) is 1.00. The number of ether oxygens (including phenoxy) is 8. The van der Waals surface area contributed by atoms with Gasteiger partial charge in [0.1, 0.15) is 73.2 Å². The Bertz CT molecular complexity index is 747. The summed E-state index contributed by atoms with van der Waals surface area (Å²) in [6.45, 7) is -1.09.